The molecule has 0 aliphatic carbocycles. The molecule has 0 bridgehead atoms. The molecule has 8 heteroatoms. The largest absolute Gasteiger partial charge is 0.733 e. The van der Waals surface area contributed by atoms with E-state index < -0.39 is 5.97 Å². The number of hydrogen-bond donors (Lipinski definition) is 1. The first-order valence-corrected chi connectivity index (χ1v) is 9.65. The number of ketones is 1. The quantitative estimate of drug-likeness (QED) is 0.177. The highest BCUT2D eigenvalue weighted by atomic mass is 79.9. The summed E-state index contributed by atoms with van der Waals surface area (Å²) in [6, 6.07) is 13.9. The number of esters is 1. The number of rotatable bonds is 6. The maximum atomic E-state index is 12.6. The molecule has 0 saturated carbocycles. The fourth-order valence-electron chi connectivity index (χ4n) is 2.33. The summed E-state index contributed by atoms with van der Waals surface area (Å²) in [4.78, 5) is 25.9. The van der Waals surface area contributed by atoms with E-state index in [-0.39, 0.29) is 33.6 Å². The Labute approximate surface area is 173 Å². The lowest BCUT2D eigenvalue weighted by atomic mass is 10.1. The van der Waals surface area contributed by atoms with Gasteiger partial charge in [0.15, 0.2) is 5.78 Å². The highest BCUT2D eigenvalue weighted by Gasteiger charge is 2.16. The third-order valence-electron chi connectivity index (χ3n) is 3.65. The summed E-state index contributed by atoms with van der Waals surface area (Å²) < 4.78 is 6.02. The molecule has 142 valence electrons. The summed E-state index contributed by atoms with van der Waals surface area (Å²) in [5.41, 5.74) is 0.155. The predicted octanol–water partition coefficient (Wildman–Crippen LogP) is 5.32. The topological polar surface area (TPSA) is 89.9 Å². The van der Waals surface area contributed by atoms with Gasteiger partial charge in [0.05, 0.1) is 16.8 Å². The van der Waals surface area contributed by atoms with Gasteiger partial charge in [-0.1, -0.05) is 28.1 Å². The van der Waals surface area contributed by atoms with Crippen LogP contribution in [0.2, 0.25) is 0 Å². The van der Waals surface area contributed by atoms with Crippen molar-refractivity contribution < 1.29 is 19.5 Å². The zero-order valence-corrected chi connectivity index (χ0v) is 16.6. The Kier molecular flexibility index (Phi) is 6.37. The van der Waals surface area contributed by atoms with Crippen LogP contribution in [0.25, 0.3) is 6.08 Å². The molecule has 6 nitrogen and oxygen atoms in total. The standard InChI is InChI=1S/C20H13BrNO5S/c21-14-6-9-19(17(12-14)18(23)8-7-16-5-2-10-28-16)27-20(24)13-3-1-4-15(11-13)22(25)26/h1-12,25H/q-1. The Morgan fingerprint density at radius 3 is 2.68 bits per heavy atom. The second kappa shape index (κ2) is 8.94. The molecule has 0 fully saturated rings. The van der Waals surface area contributed by atoms with Gasteiger partial charge in [-0.15, -0.1) is 11.3 Å². The first-order chi connectivity index (χ1) is 13.4. The van der Waals surface area contributed by atoms with Crippen molar-refractivity contribution in [1.29, 1.82) is 0 Å². The molecule has 0 radical (unpaired) electrons. The minimum atomic E-state index is -0.762. The third kappa shape index (κ3) is 4.93. The molecule has 0 aliphatic rings. The Balaban J connectivity index is 1.85. The predicted molar refractivity (Wildman–Crippen MR) is 111 cm³/mol. The highest BCUT2D eigenvalue weighted by molar-refractivity contribution is 9.10. The molecular formula is C20H13BrNO5S-. The smallest absolute Gasteiger partial charge is 0.343 e. The van der Waals surface area contributed by atoms with Gasteiger partial charge in [0.1, 0.15) is 5.75 Å². The molecule has 2 aromatic carbocycles. The Morgan fingerprint density at radius 1 is 1.14 bits per heavy atom. The molecular weight excluding hydrogens is 446 g/mol. The van der Waals surface area contributed by atoms with E-state index >= 15 is 0 Å². The van der Waals surface area contributed by atoms with Gasteiger partial charge in [0.25, 0.3) is 0 Å². The van der Waals surface area contributed by atoms with Crippen LogP contribution in [-0.4, -0.2) is 17.0 Å². The number of carbonyl (C=O) groups excluding carboxylic acids is 2. The van der Waals surface area contributed by atoms with Gasteiger partial charge in [-0.05, 0) is 60.0 Å². The molecule has 1 aromatic heterocycles. The molecule has 0 amide bonds. The Bertz CT molecular complexity index is 1030. The van der Waals surface area contributed by atoms with Crippen LogP contribution in [0.15, 0.2) is 70.5 Å². The van der Waals surface area contributed by atoms with Crippen LogP contribution in [-0.2, 0) is 0 Å². The highest BCUT2D eigenvalue weighted by Crippen LogP contribution is 2.26. The van der Waals surface area contributed by atoms with Crippen molar-refractivity contribution in [3.05, 3.63) is 91.7 Å². The number of anilines is 1. The Morgan fingerprint density at radius 2 is 1.96 bits per heavy atom. The number of allylic oxidation sites excluding steroid dienone is 1. The summed E-state index contributed by atoms with van der Waals surface area (Å²) in [6.07, 6.45) is 3.10. The number of ether oxygens (including phenoxy) is 1. The lowest BCUT2D eigenvalue weighted by Crippen LogP contribution is -2.13. The van der Waals surface area contributed by atoms with E-state index in [2.05, 4.69) is 15.9 Å². The summed E-state index contributed by atoms with van der Waals surface area (Å²) >= 11 is 4.80. The van der Waals surface area contributed by atoms with E-state index in [0.717, 1.165) is 4.88 Å². The van der Waals surface area contributed by atoms with Crippen LogP contribution < -0.4 is 9.96 Å². The first-order valence-electron chi connectivity index (χ1n) is 7.98. The molecule has 0 atom stereocenters. The molecule has 28 heavy (non-hydrogen) atoms. The first kappa shape index (κ1) is 20.0. The number of nitrogens with zero attached hydrogens (tertiary/aromatic N) is 1. The van der Waals surface area contributed by atoms with E-state index in [0.29, 0.717) is 4.47 Å². The van der Waals surface area contributed by atoms with Crippen LogP contribution in [0.4, 0.5) is 5.69 Å². The summed E-state index contributed by atoms with van der Waals surface area (Å²) in [6.45, 7) is 0. The molecule has 3 rings (SSSR count). The fourth-order valence-corrected chi connectivity index (χ4v) is 3.31. The van der Waals surface area contributed by atoms with Crippen molar-refractivity contribution in [2.24, 2.45) is 0 Å². The molecule has 0 spiro atoms. The van der Waals surface area contributed by atoms with Crippen molar-refractivity contribution in [2.75, 3.05) is 5.23 Å². The zero-order valence-electron chi connectivity index (χ0n) is 14.2. The van der Waals surface area contributed by atoms with Gasteiger partial charge in [-0.25, -0.2) is 4.79 Å². The molecule has 1 heterocycles. The van der Waals surface area contributed by atoms with Crippen molar-refractivity contribution >= 4 is 50.8 Å². The van der Waals surface area contributed by atoms with E-state index in [1.54, 1.807) is 18.2 Å². The molecule has 1 N–H and O–H groups in total. The van der Waals surface area contributed by atoms with Crippen LogP contribution in [0.5, 0.6) is 5.75 Å². The molecule has 3 aromatic rings. The SMILES string of the molecule is O=C(Oc1ccc(Br)cc1C(=O)C=Cc1cccs1)c1cccc(N([O-])O)c1. The second-order valence-electron chi connectivity index (χ2n) is 5.57. The second-order valence-corrected chi connectivity index (χ2v) is 7.46. The number of halogens is 1. The van der Waals surface area contributed by atoms with Gasteiger partial charge in [-0.2, -0.15) is 0 Å². The number of hydrogen-bond acceptors (Lipinski definition) is 7. The van der Waals surface area contributed by atoms with Gasteiger partial charge < -0.3 is 15.2 Å². The number of carbonyl (C=O) groups is 2. The van der Waals surface area contributed by atoms with Gasteiger partial charge in [0, 0.05) is 9.35 Å². The molecule has 0 aliphatic heterocycles. The average Bonchev–Trinajstić information content (AvgIpc) is 3.21. The van der Waals surface area contributed by atoms with Gasteiger partial charge >= 0.3 is 5.97 Å². The van der Waals surface area contributed by atoms with Gasteiger partial charge in [-0.3, -0.25) is 10.0 Å². The minimum absolute atomic E-state index is 0.0582. The van der Waals surface area contributed by atoms with Crippen LogP contribution >= 0.6 is 27.3 Å². The van der Waals surface area contributed by atoms with Crippen molar-refractivity contribution in [2.45, 2.75) is 0 Å². The normalized spacial score (nSPS) is 10.8. The van der Waals surface area contributed by atoms with E-state index in [9.17, 15) is 14.8 Å². The van der Waals surface area contributed by atoms with Gasteiger partial charge in [0.2, 0.25) is 0 Å². The molecule has 0 saturated heterocycles. The van der Waals surface area contributed by atoms with E-state index in [4.69, 9.17) is 9.94 Å². The van der Waals surface area contributed by atoms with Crippen LogP contribution in [0.3, 0.4) is 0 Å². The summed E-state index contributed by atoms with van der Waals surface area (Å²) in [5, 5.41) is 21.5. The molecule has 0 unspecified atom stereocenters. The lowest BCUT2D eigenvalue weighted by Gasteiger charge is -2.21. The van der Waals surface area contributed by atoms with E-state index in [1.807, 2.05) is 17.5 Å². The van der Waals surface area contributed by atoms with Crippen molar-refractivity contribution in [3.8, 4) is 5.75 Å². The number of thiophene rings is 1. The monoisotopic (exact) mass is 458 g/mol. The maximum Gasteiger partial charge on any atom is 0.343 e. The van der Waals surface area contributed by atoms with Crippen molar-refractivity contribution in [3.63, 3.8) is 0 Å². The Hall–Kier alpha value is -2.78. The van der Waals surface area contributed by atoms with E-state index in [1.165, 1.54) is 47.7 Å². The summed E-state index contributed by atoms with van der Waals surface area (Å²) in [5.74, 6) is -1.00. The zero-order chi connectivity index (χ0) is 20.1. The van der Waals surface area contributed by atoms with Crippen molar-refractivity contribution in [1.82, 2.24) is 0 Å². The summed E-state index contributed by atoms with van der Waals surface area (Å²) in [7, 11) is 0. The fraction of sp³-hybridized carbons (Fsp3) is 0. The lowest BCUT2D eigenvalue weighted by molar-refractivity contribution is 0.0733. The maximum absolute atomic E-state index is 12.6. The average molecular weight is 459 g/mol. The third-order valence-corrected chi connectivity index (χ3v) is 4.99. The van der Waals surface area contributed by atoms with Crippen LogP contribution in [0, 0.1) is 5.21 Å². The minimum Gasteiger partial charge on any atom is -0.733 e. The number of benzene rings is 2. The van der Waals surface area contributed by atoms with Crippen LogP contribution in [0.1, 0.15) is 25.6 Å².